The summed E-state index contributed by atoms with van der Waals surface area (Å²) < 4.78 is 0. The molecule has 0 aliphatic rings. The van der Waals surface area contributed by atoms with E-state index in [4.69, 9.17) is 11.6 Å². The van der Waals surface area contributed by atoms with Gasteiger partial charge in [-0.3, -0.25) is 0 Å². The molecular formula is C16H26ClNS. The molecule has 0 amide bonds. The molecule has 0 aliphatic carbocycles. The molecule has 1 aromatic rings. The lowest BCUT2D eigenvalue weighted by Crippen LogP contribution is -2.19. The van der Waals surface area contributed by atoms with Crippen LogP contribution in [-0.4, -0.2) is 12.3 Å². The fraction of sp³-hybridized carbons (Fsp3) is 0.625. The first kappa shape index (κ1) is 16.9. The maximum atomic E-state index is 6.34. The normalized spacial score (nSPS) is 11.5. The van der Waals surface area contributed by atoms with E-state index >= 15 is 0 Å². The summed E-state index contributed by atoms with van der Waals surface area (Å²) in [4.78, 5) is 1.25. The van der Waals surface area contributed by atoms with Gasteiger partial charge in [0.05, 0.1) is 5.02 Å². The van der Waals surface area contributed by atoms with E-state index in [9.17, 15) is 0 Å². The minimum Gasteiger partial charge on any atom is -0.312 e. The summed E-state index contributed by atoms with van der Waals surface area (Å²) in [5.41, 5.74) is 1.32. The van der Waals surface area contributed by atoms with Crippen LogP contribution >= 0.6 is 23.4 Å². The minimum atomic E-state index is 0.677. The predicted molar refractivity (Wildman–Crippen MR) is 88.2 cm³/mol. The zero-order valence-corrected chi connectivity index (χ0v) is 14.1. The molecule has 0 saturated heterocycles. The SMILES string of the molecule is CC(C)CCSc1c(Cl)cccc1CNCC(C)C. The minimum absolute atomic E-state index is 0.677. The summed E-state index contributed by atoms with van der Waals surface area (Å²) >= 11 is 8.23. The molecule has 19 heavy (non-hydrogen) atoms. The summed E-state index contributed by atoms with van der Waals surface area (Å²) in [5.74, 6) is 2.56. The molecule has 1 rings (SSSR count). The van der Waals surface area contributed by atoms with Crippen LogP contribution < -0.4 is 5.32 Å². The Labute approximate surface area is 127 Å². The highest BCUT2D eigenvalue weighted by Gasteiger charge is 2.08. The summed E-state index contributed by atoms with van der Waals surface area (Å²) in [6.07, 6.45) is 1.23. The van der Waals surface area contributed by atoms with Crippen molar-refractivity contribution in [1.29, 1.82) is 0 Å². The Bertz CT molecular complexity index is 377. The van der Waals surface area contributed by atoms with Gasteiger partial charge in [-0.2, -0.15) is 0 Å². The van der Waals surface area contributed by atoms with Crippen molar-refractivity contribution in [2.24, 2.45) is 11.8 Å². The second kappa shape index (κ2) is 8.89. The highest BCUT2D eigenvalue weighted by atomic mass is 35.5. The summed E-state index contributed by atoms with van der Waals surface area (Å²) in [7, 11) is 0. The van der Waals surface area contributed by atoms with E-state index in [1.54, 1.807) is 0 Å². The number of halogens is 1. The van der Waals surface area contributed by atoms with E-state index in [0.29, 0.717) is 5.92 Å². The van der Waals surface area contributed by atoms with Gasteiger partial charge in [0.15, 0.2) is 0 Å². The van der Waals surface area contributed by atoms with Crippen LogP contribution in [0.25, 0.3) is 0 Å². The van der Waals surface area contributed by atoms with Crippen LogP contribution in [0.15, 0.2) is 23.1 Å². The quantitative estimate of drug-likeness (QED) is 0.660. The average molecular weight is 300 g/mol. The average Bonchev–Trinajstić information content (AvgIpc) is 2.31. The van der Waals surface area contributed by atoms with Crippen LogP contribution in [0.1, 0.15) is 39.7 Å². The zero-order valence-electron chi connectivity index (χ0n) is 12.5. The van der Waals surface area contributed by atoms with Gasteiger partial charge in [0.25, 0.3) is 0 Å². The van der Waals surface area contributed by atoms with Gasteiger partial charge in [0.2, 0.25) is 0 Å². The molecule has 1 nitrogen and oxygen atoms in total. The van der Waals surface area contributed by atoms with Gasteiger partial charge in [0, 0.05) is 11.4 Å². The molecule has 0 radical (unpaired) electrons. The maximum absolute atomic E-state index is 6.34. The third-order valence-corrected chi connectivity index (χ3v) is 4.50. The molecule has 0 bridgehead atoms. The highest BCUT2D eigenvalue weighted by Crippen LogP contribution is 2.31. The highest BCUT2D eigenvalue weighted by molar-refractivity contribution is 7.99. The molecule has 0 aromatic heterocycles. The van der Waals surface area contributed by atoms with Crippen LogP contribution in [0.2, 0.25) is 5.02 Å². The van der Waals surface area contributed by atoms with Gasteiger partial charge in [-0.25, -0.2) is 0 Å². The maximum Gasteiger partial charge on any atom is 0.0545 e. The molecule has 0 aliphatic heterocycles. The van der Waals surface area contributed by atoms with Gasteiger partial charge in [0.1, 0.15) is 0 Å². The van der Waals surface area contributed by atoms with Crippen molar-refractivity contribution in [2.75, 3.05) is 12.3 Å². The van der Waals surface area contributed by atoms with E-state index in [0.717, 1.165) is 29.8 Å². The van der Waals surface area contributed by atoms with E-state index < -0.39 is 0 Å². The first-order valence-corrected chi connectivity index (χ1v) is 8.48. The number of rotatable bonds is 8. The van der Waals surface area contributed by atoms with Crippen molar-refractivity contribution in [1.82, 2.24) is 5.32 Å². The molecule has 0 unspecified atom stereocenters. The lowest BCUT2D eigenvalue weighted by atomic mass is 10.2. The number of hydrogen-bond donors (Lipinski definition) is 1. The summed E-state index contributed by atoms with van der Waals surface area (Å²) in [5, 5.41) is 4.38. The Morgan fingerprint density at radius 1 is 1.16 bits per heavy atom. The van der Waals surface area contributed by atoms with Crippen molar-refractivity contribution in [3.8, 4) is 0 Å². The van der Waals surface area contributed by atoms with Crippen molar-refractivity contribution in [2.45, 2.75) is 45.6 Å². The summed E-state index contributed by atoms with van der Waals surface area (Å²) in [6, 6.07) is 6.21. The molecule has 0 atom stereocenters. The third-order valence-electron chi connectivity index (χ3n) is 2.86. The first-order chi connectivity index (χ1) is 9.00. The Balaban J connectivity index is 2.61. The Kier molecular flexibility index (Phi) is 7.89. The van der Waals surface area contributed by atoms with E-state index in [1.165, 1.54) is 16.9 Å². The first-order valence-electron chi connectivity index (χ1n) is 7.11. The van der Waals surface area contributed by atoms with Crippen LogP contribution in [0, 0.1) is 11.8 Å². The molecule has 0 fully saturated rings. The van der Waals surface area contributed by atoms with E-state index in [1.807, 2.05) is 23.9 Å². The monoisotopic (exact) mass is 299 g/mol. The standard InChI is InChI=1S/C16H26ClNS/c1-12(2)8-9-19-16-14(6-5-7-15(16)17)11-18-10-13(3)4/h5-7,12-13,18H,8-11H2,1-4H3. The summed E-state index contributed by atoms with van der Waals surface area (Å²) in [6.45, 7) is 10.9. The number of hydrogen-bond acceptors (Lipinski definition) is 2. The fourth-order valence-electron chi connectivity index (χ4n) is 1.75. The Morgan fingerprint density at radius 2 is 1.89 bits per heavy atom. The molecule has 1 aromatic carbocycles. The smallest absolute Gasteiger partial charge is 0.0545 e. The topological polar surface area (TPSA) is 12.0 Å². The van der Waals surface area contributed by atoms with Crippen LogP contribution in [0.4, 0.5) is 0 Å². The van der Waals surface area contributed by atoms with Crippen LogP contribution in [0.3, 0.4) is 0 Å². The number of thioether (sulfide) groups is 1. The number of nitrogens with one attached hydrogen (secondary N) is 1. The lowest BCUT2D eigenvalue weighted by Gasteiger charge is -2.13. The zero-order chi connectivity index (χ0) is 14.3. The molecule has 1 N–H and O–H groups in total. The second-order valence-electron chi connectivity index (χ2n) is 5.78. The van der Waals surface area contributed by atoms with Crippen LogP contribution in [0.5, 0.6) is 0 Å². The third kappa shape index (κ3) is 6.69. The van der Waals surface area contributed by atoms with Gasteiger partial charge in [-0.1, -0.05) is 51.4 Å². The molecule has 108 valence electrons. The van der Waals surface area contributed by atoms with Gasteiger partial charge >= 0.3 is 0 Å². The molecule has 3 heteroatoms. The van der Waals surface area contributed by atoms with Gasteiger partial charge < -0.3 is 5.32 Å². The van der Waals surface area contributed by atoms with Crippen LogP contribution in [-0.2, 0) is 6.54 Å². The molecule has 0 saturated carbocycles. The van der Waals surface area contributed by atoms with Crippen molar-refractivity contribution in [3.63, 3.8) is 0 Å². The van der Waals surface area contributed by atoms with Crippen molar-refractivity contribution < 1.29 is 0 Å². The van der Waals surface area contributed by atoms with Gasteiger partial charge in [-0.15, -0.1) is 11.8 Å². The molecule has 0 heterocycles. The second-order valence-corrected chi connectivity index (χ2v) is 7.30. The lowest BCUT2D eigenvalue weighted by molar-refractivity contribution is 0.550. The Hall–Kier alpha value is -0.180. The van der Waals surface area contributed by atoms with E-state index in [-0.39, 0.29) is 0 Å². The molecule has 0 spiro atoms. The molecular weight excluding hydrogens is 274 g/mol. The number of benzene rings is 1. The fourth-order valence-corrected chi connectivity index (χ4v) is 3.43. The van der Waals surface area contributed by atoms with Crippen molar-refractivity contribution >= 4 is 23.4 Å². The van der Waals surface area contributed by atoms with Crippen molar-refractivity contribution in [3.05, 3.63) is 28.8 Å². The van der Waals surface area contributed by atoms with Gasteiger partial charge in [-0.05, 0) is 42.2 Å². The largest absolute Gasteiger partial charge is 0.312 e. The van der Waals surface area contributed by atoms with E-state index in [2.05, 4.69) is 39.1 Å². The predicted octanol–water partition coefficient (Wildman–Crippen LogP) is 5.22. The Morgan fingerprint density at radius 3 is 2.53 bits per heavy atom.